The van der Waals surface area contributed by atoms with Crippen LogP contribution in [0.1, 0.15) is 49.7 Å². The standard InChI is InChI=1S/C24H28ClNO2/c25-21-7-3-1-6-20(21)15-28-22-8-4-2-5-19(22)14-26-23-10-17-9-18(11-23)13-24(27,12-17)16-23/h1-8,17-18,26-27H,9-16H2. The van der Waals surface area contributed by atoms with Gasteiger partial charge < -0.3 is 15.2 Å². The molecule has 0 aromatic heterocycles. The summed E-state index contributed by atoms with van der Waals surface area (Å²) in [6.45, 7) is 1.24. The van der Waals surface area contributed by atoms with Gasteiger partial charge in [0.1, 0.15) is 12.4 Å². The first-order chi connectivity index (χ1) is 13.5. The van der Waals surface area contributed by atoms with E-state index in [9.17, 15) is 5.11 Å². The molecule has 2 aromatic carbocycles. The Balaban J connectivity index is 1.28. The molecule has 148 valence electrons. The van der Waals surface area contributed by atoms with E-state index in [0.29, 0.717) is 18.4 Å². The summed E-state index contributed by atoms with van der Waals surface area (Å²) in [5, 5.41) is 15.6. The fraction of sp³-hybridized carbons (Fsp3) is 0.500. The summed E-state index contributed by atoms with van der Waals surface area (Å²) in [4.78, 5) is 0. The molecule has 2 N–H and O–H groups in total. The fourth-order valence-electron chi connectivity index (χ4n) is 6.27. The highest BCUT2D eigenvalue weighted by Gasteiger charge is 2.56. The lowest BCUT2D eigenvalue weighted by atomic mass is 9.51. The highest BCUT2D eigenvalue weighted by atomic mass is 35.5. The van der Waals surface area contributed by atoms with Crippen LogP contribution in [-0.4, -0.2) is 16.2 Å². The Labute approximate surface area is 172 Å². The first kappa shape index (κ1) is 18.5. The largest absolute Gasteiger partial charge is 0.489 e. The molecule has 4 saturated carbocycles. The van der Waals surface area contributed by atoms with Gasteiger partial charge in [-0.1, -0.05) is 48.0 Å². The van der Waals surface area contributed by atoms with Gasteiger partial charge in [0, 0.05) is 28.2 Å². The molecule has 0 spiro atoms. The minimum atomic E-state index is -0.433. The predicted octanol–water partition coefficient (Wildman–Crippen LogP) is 5.09. The second-order valence-electron chi connectivity index (χ2n) is 9.31. The maximum Gasteiger partial charge on any atom is 0.124 e. The summed E-state index contributed by atoms with van der Waals surface area (Å²) >= 11 is 6.26. The zero-order valence-electron chi connectivity index (χ0n) is 16.2. The van der Waals surface area contributed by atoms with Gasteiger partial charge in [-0.15, -0.1) is 0 Å². The van der Waals surface area contributed by atoms with Crippen molar-refractivity contribution < 1.29 is 9.84 Å². The Hall–Kier alpha value is -1.55. The second-order valence-corrected chi connectivity index (χ2v) is 9.71. The van der Waals surface area contributed by atoms with Crippen molar-refractivity contribution in [2.45, 2.75) is 62.8 Å². The number of rotatable bonds is 6. The van der Waals surface area contributed by atoms with Crippen molar-refractivity contribution in [1.82, 2.24) is 5.32 Å². The van der Waals surface area contributed by atoms with Crippen LogP contribution in [0, 0.1) is 11.8 Å². The van der Waals surface area contributed by atoms with Gasteiger partial charge in [-0.05, 0) is 62.5 Å². The molecule has 0 heterocycles. The van der Waals surface area contributed by atoms with Gasteiger partial charge in [0.25, 0.3) is 0 Å². The van der Waals surface area contributed by atoms with Crippen LogP contribution in [0.4, 0.5) is 0 Å². The minimum Gasteiger partial charge on any atom is -0.489 e. The van der Waals surface area contributed by atoms with E-state index in [4.69, 9.17) is 16.3 Å². The summed E-state index contributed by atoms with van der Waals surface area (Å²) in [5.41, 5.74) is 1.82. The molecule has 4 aliphatic rings. The van der Waals surface area contributed by atoms with E-state index >= 15 is 0 Å². The minimum absolute atomic E-state index is 0.0919. The third-order valence-corrected chi connectivity index (χ3v) is 7.37. The zero-order chi connectivity index (χ0) is 19.2. The molecule has 2 aromatic rings. The molecule has 0 aliphatic heterocycles. The van der Waals surface area contributed by atoms with E-state index in [-0.39, 0.29) is 5.54 Å². The quantitative estimate of drug-likeness (QED) is 0.713. The predicted molar refractivity (Wildman–Crippen MR) is 111 cm³/mol. The SMILES string of the molecule is OC12CC3CC(C1)CC(NCc1ccccc1OCc1ccccc1Cl)(C3)C2. The summed E-state index contributed by atoms with van der Waals surface area (Å²) in [6, 6.07) is 16.0. The monoisotopic (exact) mass is 397 g/mol. The van der Waals surface area contributed by atoms with Crippen molar-refractivity contribution in [1.29, 1.82) is 0 Å². The highest BCUT2D eigenvalue weighted by molar-refractivity contribution is 6.31. The maximum atomic E-state index is 11.0. The van der Waals surface area contributed by atoms with Crippen LogP contribution in [0.2, 0.25) is 5.02 Å². The Bertz CT molecular complexity index is 853. The number of halogens is 1. The first-order valence-electron chi connectivity index (χ1n) is 10.4. The Morgan fingerprint density at radius 1 is 0.964 bits per heavy atom. The van der Waals surface area contributed by atoms with Crippen molar-refractivity contribution in [3.63, 3.8) is 0 Å². The van der Waals surface area contributed by atoms with E-state index in [0.717, 1.165) is 47.7 Å². The normalized spacial score (nSPS) is 33.2. The smallest absolute Gasteiger partial charge is 0.124 e. The molecular weight excluding hydrogens is 370 g/mol. The topological polar surface area (TPSA) is 41.5 Å². The molecular formula is C24H28ClNO2. The summed E-state index contributed by atoms with van der Waals surface area (Å²) < 4.78 is 6.12. The number of para-hydroxylation sites is 1. The second kappa shape index (κ2) is 7.05. The molecule has 0 saturated heterocycles. The molecule has 4 heteroatoms. The van der Waals surface area contributed by atoms with Crippen molar-refractivity contribution in [3.05, 3.63) is 64.7 Å². The Kier molecular flexibility index (Phi) is 4.65. The van der Waals surface area contributed by atoms with Crippen LogP contribution < -0.4 is 10.1 Å². The molecule has 2 unspecified atom stereocenters. The van der Waals surface area contributed by atoms with Crippen LogP contribution in [0.3, 0.4) is 0 Å². The highest BCUT2D eigenvalue weighted by Crippen LogP contribution is 2.57. The van der Waals surface area contributed by atoms with E-state index in [1.54, 1.807) is 0 Å². The van der Waals surface area contributed by atoms with Gasteiger partial charge >= 0.3 is 0 Å². The van der Waals surface area contributed by atoms with Crippen LogP contribution in [-0.2, 0) is 13.2 Å². The first-order valence-corrected chi connectivity index (χ1v) is 10.8. The summed E-state index contributed by atoms with van der Waals surface area (Å²) in [7, 11) is 0. The lowest BCUT2D eigenvalue weighted by Crippen LogP contribution is -2.64. The van der Waals surface area contributed by atoms with Crippen LogP contribution >= 0.6 is 11.6 Å². The number of nitrogens with one attached hydrogen (secondary N) is 1. The van der Waals surface area contributed by atoms with Crippen molar-refractivity contribution in [2.75, 3.05) is 0 Å². The lowest BCUT2D eigenvalue weighted by Gasteiger charge is -2.60. The number of hydrogen-bond acceptors (Lipinski definition) is 3. The van der Waals surface area contributed by atoms with Crippen LogP contribution in [0.15, 0.2) is 48.5 Å². The van der Waals surface area contributed by atoms with E-state index in [1.807, 2.05) is 36.4 Å². The van der Waals surface area contributed by atoms with Crippen LogP contribution in [0.5, 0.6) is 5.75 Å². The van der Waals surface area contributed by atoms with Gasteiger partial charge in [-0.2, -0.15) is 0 Å². The van der Waals surface area contributed by atoms with Crippen molar-refractivity contribution >= 4 is 11.6 Å². The van der Waals surface area contributed by atoms with E-state index in [1.165, 1.54) is 19.3 Å². The van der Waals surface area contributed by atoms with Crippen LogP contribution in [0.25, 0.3) is 0 Å². The molecule has 4 bridgehead atoms. The molecule has 4 aliphatic carbocycles. The van der Waals surface area contributed by atoms with Gasteiger partial charge in [0.15, 0.2) is 0 Å². The van der Waals surface area contributed by atoms with Crippen molar-refractivity contribution in [3.8, 4) is 5.75 Å². The summed E-state index contributed by atoms with van der Waals surface area (Å²) in [6.07, 6.45) is 6.62. The van der Waals surface area contributed by atoms with Crippen molar-refractivity contribution in [2.24, 2.45) is 11.8 Å². The molecule has 3 nitrogen and oxygen atoms in total. The summed E-state index contributed by atoms with van der Waals surface area (Å²) in [5.74, 6) is 2.27. The lowest BCUT2D eigenvalue weighted by molar-refractivity contribution is -0.142. The number of ether oxygens (including phenoxy) is 1. The number of aliphatic hydroxyl groups is 1. The third-order valence-electron chi connectivity index (χ3n) is 7.00. The average molecular weight is 398 g/mol. The van der Waals surface area contributed by atoms with Gasteiger partial charge in [0.2, 0.25) is 0 Å². The zero-order valence-corrected chi connectivity index (χ0v) is 16.9. The molecule has 0 radical (unpaired) electrons. The molecule has 6 rings (SSSR count). The fourth-order valence-corrected chi connectivity index (χ4v) is 6.46. The van der Waals surface area contributed by atoms with Gasteiger partial charge in [0.05, 0.1) is 5.60 Å². The molecule has 0 amide bonds. The maximum absolute atomic E-state index is 11.0. The Morgan fingerprint density at radius 3 is 2.36 bits per heavy atom. The number of hydrogen-bond donors (Lipinski definition) is 2. The molecule has 28 heavy (non-hydrogen) atoms. The van der Waals surface area contributed by atoms with Gasteiger partial charge in [-0.3, -0.25) is 0 Å². The molecule has 4 fully saturated rings. The van der Waals surface area contributed by atoms with E-state index in [2.05, 4.69) is 17.4 Å². The van der Waals surface area contributed by atoms with E-state index < -0.39 is 5.60 Å². The van der Waals surface area contributed by atoms with Gasteiger partial charge in [-0.25, -0.2) is 0 Å². The number of benzene rings is 2. The Morgan fingerprint density at radius 2 is 1.64 bits per heavy atom. The molecule has 2 atom stereocenters. The third kappa shape index (κ3) is 3.56. The average Bonchev–Trinajstić information content (AvgIpc) is 2.64.